The molecule has 0 N–H and O–H groups in total. The molecule has 0 nitrogen and oxygen atoms in total. The number of rotatable bonds is 5. The topological polar surface area (TPSA) is 0 Å². The predicted molar refractivity (Wildman–Crippen MR) is 135 cm³/mol. The molecular formula is C20H46Si5. The van der Waals surface area contributed by atoms with Gasteiger partial charge in [-0.05, 0) is 4.66 Å². The zero-order chi connectivity index (χ0) is 20.4. The smallest absolute Gasteiger partial charge is 0.0770 e. The van der Waals surface area contributed by atoms with Crippen LogP contribution in [0.1, 0.15) is 0 Å². The quantitative estimate of drug-likeness (QED) is 0.393. The molecular weight excluding hydrogens is 381 g/mol. The highest BCUT2D eigenvalue weighted by atomic mass is 28.4. The molecule has 0 heterocycles. The van der Waals surface area contributed by atoms with Gasteiger partial charge in [-0.2, -0.15) is 0 Å². The lowest BCUT2D eigenvalue weighted by atomic mass is 10.4. The van der Waals surface area contributed by atoms with Gasteiger partial charge in [0.05, 0.1) is 40.4 Å². The van der Waals surface area contributed by atoms with Gasteiger partial charge in [0, 0.05) is 0 Å². The predicted octanol–water partition coefficient (Wildman–Crippen LogP) is 7.81. The molecule has 0 fully saturated rings. The molecule has 0 saturated carbocycles. The fourth-order valence-corrected chi connectivity index (χ4v) is 32.4. The zero-order valence-corrected chi connectivity index (χ0v) is 25.1. The van der Waals surface area contributed by atoms with Crippen LogP contribution in [0.2, 0.25) is 103 Å². The molecule has 1 aliphatic rings. The van der Waals surface area contributed by atoms with Crippen molar-refractivity contribution in [3.05, 3.63) is 21.7 Å². The maximum absolute atomic E-state index is 2.94. The third kappa shape index (κ3) is 4.05. The second-order valence-corrected chi connectivity index (χ2v) is 39.5. The summed E-state index contributed by atoms with van der Waals surface area (Å²) in [7, 11) is -7.00. The number of hydrogen-bond donors (Lipinski definition) is 0. The minimum Gasteiger partial charge on any atom is -0.0809 e. The Balaban J connectivity index is 4.22. The van der Waals surface area contributed by atoms with Crippen LogP contribution in [-0.2, 0) is 0 Å². The minimum absolute atomic E-state index is 0.454. The van der Waals surface area contributed by atoms with Crippen LogP contribution < -0.4 is 0 Å². The van der Waals surface area contributed by atoms with Crippen molar-refractivity contribution < 1.29 is 0 Å². The van der Waals surface area contributed by atoms with E-state index < -0.39 is 40.4 Å². The van der Waals surface area contributed by atoms with Gasteiger partial charge in [0.2, 0.25) is 0 Å². The Hall–Kier alpha value is 0.564. The highest BCUT2D eigenvalue weighted by Gasteiger charge is 2.60. The molecule has 0 radical (unpaired) electrons. The van der Waals surface area contributed by atoms with Crippen LogP contribution in [0.4, 0.5) is 0 Å². The third-order valence-corrected chi connectivity index (χ3v) is 23.1. The largest absolute Gasteiger partial charge is 0.0809 e. The highest BCUT2D eigenvalue weighted by molar-refractivity contribution is 7.06. The maximum Gasteiger partial charge on any atom is 0.0770 e. The minimum atomic E-state index is -1.42. The van der Waals surface area contributed by atoms with E-state index >= 15 is 0 Å². The summed E-state index contributed by atoms with van der Waals surface area (Å²) < 4.78 is 0.454. The van der Waals surface area contributed by atoms with E-state index in [0.29, 0.717) is 4.66 Å². The van der Waals surface area contributed by atoms with Gasteiger partial charge >= 0.3 is 0 Å². The van der Waals surface area contributed by atoms with Crippen molar-refractivity contribution in [2.45, 2.75) is 103 Å². The van der Waals surface area contributed by atoms with Crippen molar-refractivity contribution in [1.29, 1.82) is 0 Å². The standard InChI is InChI=1S/C20H46Si5/c1-21(2,3)17-16-20(24(10,11)12,25(13,14)15)19(23(7,8)9)18(17)22(4,5)6/h16H,1-15H3. The monoisotopic (exact) mass is 426 g/mol. The fourth-order valence-electron chi connectivity index (χ4n) is 5.34. The average Bonchev–Trinajstić information content (AvgIpc) is 2.61. The van der Waals surface area contributed by atoms with Crippen LogP contribution in [0, 0.1) is 0 Å². The van der Waals surface area contributed by atoms with E-state index in [4.69, 9.17) is 0 Å². The summed E-state index contributed by atoms with van der Waals surface area (Å²) >= 11 is 0. The van der Waals surface area contributed by atoms with Crippen LogP contribution in [0.3, 0.4) is 0 Å². The average molecular weight is 427 g/mol. The lowest BCUT2D eigenvalue weighted by Crippen LogP contribution is -2.57. The summed E-state index contributed by atoms with van der Waals surface area (Å²) in [6.45, 7) is 39.5. The van der Waals surface area contributed by atoms with Crippen molar-refractivity contribution in [3.8, 4) is 0 Å². The van der Waals surface area contributed by atoms with Gasteiger partial charge in [0.1, 0.15) is 0 Å². The summed E-state index contributed by atoms with van der Waals surface area (Å²) in [5.41, 5.74) is 0. The second kappa shape index (κ2) is 6.29. The van der Waals surface area contributed by atoms with Gasteiger partial charge in [-0.1, -0.05) is 120 Å². The normalized spacial score (nSPS) is 20.2. The second-order valence-electron chi connectivity index (χ2n) is 13.4. The van der Waals surface area contributed by atoms with E-state index in [-0.39, 0.29) is 0 Å². The molecule has 0 atom stereocenters. The summed E-state index contributed by atoms with van der Waals surface area (Å²) in [5, 5.41) is 5.83. The molecule has 0 aromatic rings. The van der Waals surface area contributed by atoms with Crippen LogP contribution in [0.25, 0.3) is 0 Å². The SMILES string of the molecule is C[Si](C)(C)C1=CC([Si](C)(C)C)([Si](C)(C)C)C([Si](C)(C)C)=C1[Si](C)(C)C. The molecule has 5 heteroatoms. The summed E-state index contributed by atoms with van der Waals surface area (Å²) in [4.78, 5) is 0. The molecule has 0 aromatic heterocycles. The van der Waals surface area contributed by atoms with Crippen LogP contribution in [-0.4, -0.2) is 40.4 Å². The molecule has 0 aliphatic heterocycles. The van der Waals surface area contributed by atoms with Gasteiger partial charge in [-0.3, -0.25) is 0 Å². The lowest BCUT2D eigenvalue weighted by Gasteiger charge is -2.54. The maximum atomic E-state index is 2.94. The first kappa shape index (κ1) is 23.6. The van der Waals surface area contributed by atoms with Crippen molar-refractivity contribution in [2.24, 2.45) is 0 Å². The third-order valence-electron chi connectivity index (χ3n) is 5.95. The van der Waals surface area contributed by atoms with Crippen molar-refractivity contribution in [1.82, 2.24) is 0 Å². The van der Waals surface area contributed by atoms with E-state index in [9.17, 15) is 0 Å². The summed E-state index contributed by atoms with van der Waals surface area (Å²) in [6, 6.07) is 0. The first-order chi connectivity index (χ1) is 10.6. The molecule has 1 rings (SSSR count). The van der Waals surface area contributed by atoms with Crippen LogP contribution in [0.5, 0.6) is 0 Å². The van der Waals surface area contributed by atoms with Crippen molar-refractivity contribution in [3.63, 3.8) is 0 Å². The Labute approximate surface area is 164 Å². The van der Waals surface area contributed by atoms with E-state index in [1.54, 1.807) is 0 Å². The molecule has 25 heavy (non-hydrogen) atoms. The molecule has 0 saturated heterocycles. The number of hydrogen-bond acceptors (Lipinski definition) is 0. The van der Waals surface area contributed by atoms with Gasteiger partial charge in [-0.25, -0.2) is 0 Å². The first-order valence-corrected chi connectivity index (χ1v) is 27.6. The van der Waals surface area contributed by atoms with E-state index in [0.717, 1.165) is 0 Å². The Bertz CT molecular complexity index is 576. The van der Waals surface area contributed by atoms with Crippen LogP contribution in [0.15, 0.2) is 21.7 Å². The Kier molecular flexibility index (Phi) is 5.94. The van der Waals surface area contributed by atoms with Crippen molar-refractivity contribution >= 4 is 40.4 Å². The Morgan fingerprint density at radius 1 is 0.520 bits per heavy atom. The van der Waals surface area contributed by atoms with Gasteiger partial charge in [0.15, 0.2) is 0 Å². The van der Waals surface area contributed by atoms with Crippen LogP contribution >= 0.6 is 0 Å². The molecule has 146 valence electrons. The van der Waals surface area contributed by atoms with Gasteiger partial charge in [-0.15, -0.1) is 0 Å². The Morgan fingerprint density at radius 3 is 1.08 bits per heavy atom. The molecule has 1 aliphatic carbocycles. The molecule has 0 aromatic carbocycles. The van der Waals surface area contributed by atoms with Gasteiger partial charge < -0.3 is 0 Å². The molecule has 0 amide bonds. The number of allylic oxidation sites excluding steroid dienone is 4. The molecule has 0 unspecified atom stereocenters. The summed E-state index contributed by atoms with van der Waals surface area (Å²) in [5.74, 6) is 0. The first-order valence-electron chi connectivity index (χ1n) is 10.1. The fraction of sp³-hybridized carbons (Fsp3) is 0.800. The Morgan fingerprint density at radius 2 is 0.880 bits per heavy atom. The van der Waals surface area contributed by atoms with Crippen molar-refractivity contribution in [2.75, 3.05) is 0 Å². The van der Waals surface area contributed by atoms with E-state index in [2.05, 4.69) is 104 Å². The zero-order valence-electron chi connectivity index (χ0n) is 20.1. The van der Waals surface area contributed by atoms with E-state index in [1.807, 2.05) is 15.6 Å². The highest BCUT2D eigenvalue weighted by Crippen LogP contribution is 2.63. The summed E-state index contributed by atoms with van der Waals surface area (Å²) in [6.07, 6.45) is 2.94. The van der Waals surface area contributed by atoms with Gasteiger partial charge in [0.25, 0.3) is 0 Å². The lowest BCUT2D eigenvalue weighted by molar-refractivity contribution is 1.05. The van der Waals surface area contributed by atoms with E-state index in [1.165, 1.54) is 0 Å². The molecule has 0 spiro atoms. The molecule has 0 bridgehead atoms.